The maximum atomic E-state index is 12.3. The number of rotatable bonds is 6. The van der Waals surface area contributed by atoms with E-state index in [-0.39, 0.29) is 11.3 Å². The second-order valence-corrected chi connectivity index (χ2v) is 7.14. The molecule has 1 saturated heterocycles. The molecule has 12 nitrogen and oxygen atoms in total. The molecule has 0 amide bonds. The van der Waals surface area contributed by atoms with Gasteiger partial charge in [-0.2, -0.15) is 0 Å². The molecule has 1 fully saturated rings. The second-order valence-electron chi connectivity index (χ2n) is 7.14. The molecule has 0 bridgehead atoms. The van der Waals surface area contributed by atoms with E-state index in [1.54, 1.807) is 0 Å². The summed E-state index contributed by atoms with van der Waals surface area (Å²) in [6.07, 6.45) is -7.12. The van der Waals surface area contributed by atoms with Crippen molar-refractivity contribution in [3.05, 3.63) is 47.5 Å². The summed E-state index contributed by atoms with van der Waals surface area (Å²) in [5.41, 5.74) is -0.195. The molecule has 33 heavy (non-hydrogen) atoms. The van der Waals surface area contributed by atoms with E-state index < -0.39 is 71.0 Å². The number of allylic oxidation sites excluding steroid dienone is 1. The van der Waals surface area contributed by atoms with Gasteiger partial charge in [0.1, 0.15) is 41.1 Å². The van der Waals surface area contributed by atoms with Crippen LogP contribution < -0.4 is 4.74 Å². The number of phenolic OH excluding ortho intramolecular Hbond substituents is 4. The molecule has 12 heteroatoms. The lowest BCUT2D eigenvalue weighted by Crippen LogP contribution is -2.61. The number of ketones is 1. The van der Waals surface area contributed by atoms with Crippen molar-refractivity contribution in [3.63, 3.8) is 0 Å². The highest BCUT2D eigenvalue weighted by molar-refractivity contribution is 6.10. The lowest BCUT2D eigenvalue weighted by atomic mass is 9.99. The van der Waals surface area contributed by atoms with Crippen LogP contribution in [0.5, 0.6) is 28.7 Å². The van der Waals surface area contributed by atoms with Crippen LogP contribution in [0.1, 0.15) is 15.9 Å². The number of aliphatic hydroxyl groups excluding tert-OH is 3. The van der Waals surface area contributed by atoms with Gasteiger partial charge < -0.3 is 50.3 Å². The van der Waals surface area contributed by atoms with E-state index in [1.165, 1.54) is 18.2 Å². The maximum Gasteiger partial charge on any atom is 0.335 e. The normalized spacial score (nSPS) is 25.1. The van der Waals surface area contributed by atoms with Gasteiger partial charge in [-0.15, -0.1) is 0 Å². The molecule has 1 aliphatic heterocycles. The van der Waals surface area contributed by atoms with Gasteiger partial charge in [-0.25, -0.2) is 4.79 Å². The molecular weight excluding hydrogens is 444 g/mol. The molecule has 8 N–H and O–H groups in total. The van der Waals surface area contributed by atoms with Crippen molar-refractivity contribution in [3.8, 4) is 28.7 Å². The van der Waals surface area contributed by atoms with Gasteiger partial charge >= 0.3 is 5.97 Å². The minimum atomic E-state index is -1.92. The van der Waals surface area contributed by atoms with Gasteiger partial charge in [-0.3, -0.25) is 4.79 Å². The van der Waals surface area contributed by atoms with Crippen LogP contribution >= 0.6 is 0 Å². The topological polar surface area (TPSA) is 214 Å². The third kappa shape index (κ3) is 4.99. The molecular formula is C21H20O12. The molecule has 176 valence electrons. The lowest BCUT2D eigenvalue weighted by Gasteiger charge is -2.38. The zero-order valence-corrected chi connectivity index (χ0v) is 16.6. The van der Waals surface area contributed by atoms with E-state index in [2.05, 4.69) is 0 Å². The molecule has 5 atom stereocenters. The van der Waals surface area contributed by atoms with Gasteiger partial charge in [0.15, 0.2) is 23.4 Å². The number of aromatic hydroxyl groups is 4. The summed E-state index contributed by atoms with van der Waals surface area (Å²) in [5.74, 6) is -4.91. The number of hydrogen-bond donors (Lipinski definition) is 8. The number of carboxylic acids is 1. The number of phenols is 4. The number of carboxylic acid groups (broad SMARTS) is 1. The number of benzene rings is 2. The quantitative estimate of drug-likeness (QED) is 0.204. The Morgan fingerprint density at radius 2 is 1.52 bits per heavy atom. The number of aliphatic hydroxyl groups is 3. The molecule has 3 rings (SSSR count). The molecule has 0 spiro atoms. The average molecular weight is 464 g/mol. The molecule has 1 aliphatic rings. The first-order valence-corrected chi connectivity index (χ1v) is 9.39. The highest BCUT2D eigenvalue weighted by atomic mass is 16.7. The first-order valence-electron chi connectivity index (χ1n) is 9.39. The van der Waals surface area contributed by atoms with Gasteiger partial charge in [0.25, 0.3) is 0 Å². The standard InChI is InChI=1S/C21H20O12/c22-9-6-12(25)15(13(26)7-9)11(24)4-2-8-1-3-10(23)14(5-8)32-21-18(29)16(27)17(28)19(33-21)20(30)31/h1-7,16-19,21-23,25-29H,(H,30,31). The highest BCUT2D eigenvalue weighted by Gasteiger charge is 2.48. The summed E-state index contributed by atoms with van der Waals surface area (Å²) in [6, 6.07) is 5.46. The van der Waals surface area contributed by atoms with Gasteiger partial charge in [0.05, 0.1) is 0 Å². The van der Waals surface area contributed by atoms with E-state index in [4.69, 9.17) is 14.6 Å². The molecule has 0 radical (unpaired) electrons. The SMILES string of the molecule is O=C(C=Cc1ccc(O)c(OC2OC(C(=O)O)C(O)C(O)C2O)c1)c1c(O)cc(O)cc1O. The van der Waals surface area contributed by atoms with Gasteiger partial charge in [-0.1, -0.05) is 12.1 Å². The summed E-state index contributed by atoms with van der Waals surface area (Å²) in [4.78, 5) is 23.5. The fraction of sp³-hybridized carbons (Fsp3) is 0.238. The third-order valence-electron chi connectivity index (χ3n) is 4.80. The monoisotopic (exact) mass is 464 g/mol. The molecule has 1 heterocycles. The summed E-state index contributed by atoms with van der Waals surface area (Å²) < 4.78 is 10.3. The van der Waals surface area contributed by atoms with Crippen molar-refractivity contribution < 1.29 is 59.9 Å². The number of ether oxygens (including phenoxy) is 2. The zero-order chi connectivity index (χ0) is 24.4. The Morgan fingerprint density at radius 3 is 2.12 bits per heavy atom. The maximum absolute atomic E-state index is 12.3. The van der Waals surface area contributed by atoms with Crippen molar-refractivity contribution in [2.45, 2.75) is 30.7 Å². The molecule has 5 unspecified atom stereocenters. The van der Waals surface area contributed by atoms with Crippen LogP contribution in [0.15, 0.2) is 36.4 Å². The Bertz CT molecular complexity index is 1070. The smallest absolute Gasteiger partial charge is 0.335 e. The van der Waals surface area contributed by atoms with Crippen LogP contribution in [0.3, 0.4) is 0 Å². The van der Waals surface area contributed by atoms with Crippen molar-refractivity contribution >= 4 is 17.8 Å². The fourth-order valence-electron chi connectivity index (χ4n) is 3.11. The van der Waals surface area contributed by atoms with E-state index >= 15 is 0 Å². The van der Waals surface area contributed by atoms with Crippen molar-refractivity contribution in [1.29, 1.82) is 0 Å². The molecule has 0 saturated carbocycles. The lowest BCUT2D eigenvalue weighted by molar-refractivity contribution is -0.271. The number of aliphatic carboxylic acids is 1. The van der Waals surface area contributed by atoms with Crippen molar-refractivity contribution in [1.82, 2.24) is 0 Å². The Labute approximate surface area is 185 Å². The van der Waals surface area contributed by atoms with Crippen molar-refractivity contribution in [2.75, 3.05) is 0 Å². The van der Waals surface area contributed by atoms with Gasteiger partial charge in [0, 0.05) is 12.1 Å². The number of carbonyl (C=O) groups excluding carboxylic acids is 1. The van der Waals surface area contributed by atoms with E-state index in [9.17, 15) is 45.3 Å². The highest BCUT2D eigenvalue weighted by Crippen LogP contribution is 2.34. The minimum Gasteiger partial charge on any atom is -0.508 e. The van der Waals surface area contributed by atoms with E-state index in [0.29, 0.717) is 0 Å². The van der Waals surface area contributed by atoms with Crippen LogP contribution in [0.4, 0.5) is 0 Å². The Kier molecular flexibility index (Phi) is 6.74. The Balaban J connectivity index is 1.81. The summed E-state index contributed by atoms with van der Waals surface area (Å²) in [5, 5.41) is 77.6. The predicted molar refractivity (Wildman–Crippen MR) is 108 cm³/mol. The first-order chi connectivity index (χ1) is 15.5. The second kappa shape index (κ2) is 9.34. The zero-order valence-electron chi connectivity index (χ0n) is 16.6. The predicted octanol–water partition coefficient (Wildman–Crippen LogP) is -0.324. The largest absolute Gasteiger partial charge is 0.508 e. The van der Waals surface area contributed by atoms with Crippen LogP contribution in [0.2, 0.25) is 0 Å². The van der Waals surface area contributed by atoms with E-state index in [1.807, 2.05) is 0 Å². The van der Waals surface area contributed by atoms with Crippen LogP contribution in [-0.2, 0) is 9.53 Å². The Morgan fingerprint density at radius 1 is 0.879 bits per heavy atom. The van der Waals surface area contributed by atoms with Crippen LogP contribution in [0, 0.1) is 0 Å². The summed E-state index contributed by atoms with van der Waals surface area (Å²) in [6.45, 7) is 0. The molecule has 2 aromatic rings. The first kappa shape index (κ1) is 23.8. The molecule has 2 aromatic carbocycles. The van der Waals surface area contributed by atoms with Crippen LogP contribution in [-0.4, -0.2) is 83.3 Å². The van der Waals surface area contributed by atoms with E-state index in [0.717, 1.165) is 24.3 Å². The Hall–Kier alpha value is -3.84. The minimum absolute atomic E-state index is 0.259. The number of hydrogen-bond acceptors (Lipinski definition) is 11. The average Bonchev–Trinajstić information content (AvgIpc) is 2.73. The summed E-state index contributed by atoms with van der Waals surface area (Å²) in [7, 11) is 0. The molecule has 0 aromatic heterocycles. The van der Waals surface area contributed by atoms with Gasteiger partial charge in [-0.05, 0) is 23.8 Å². The molecule has 0 aliphatic carbocycles. The fourth-order valence-corrected chi connectivity index (χ4v) is 3.11. The summed E-state index contributed by atoms with van der Waals surface area (Å²) >= 11 is 0. The third-order valence-corrected chi connectivity index (χ3v) is 4.80. The van der Waals surface area contributed by atoms with Crippen LogP contribution in [0.25, 0.3) is 6.08 Å². The van der Waals surface area contributed by atoms with Crippen molar-refractivity contribution in [2.24, 2.45) is 0 Å². The van der Waals surface area contributed by atoms with Gasteiger partial charge in [0.2, 0.25) is 6.29 Å². The number of carbonyl (C=O) groups is 2.